The molecule has 2 atom stereocenters. The molecule has 1 heterocycles. The fraction of sp³-hybridized carbons (Fsp3) is 0.889. The summed E-state index contributed by atoms with van der Waals surface area (Å²) in [6.45, 7) is 0.910. The summed E-state index contributed by atoms with van der Waals surface area (Å²) in [7, 11) is 3.36. The first-order valence-corrected chi connectivity index (χ1v) is 4.76. The van der Waals surface area contributed by atoms with Crippen molar-refractivity contribution in [3.05, 3.63) is 0 Å². The predicted molar refractivity (Wildman–Crippen MR) is 50.5 cm³/mol. The zero-order valence-electron chi connectivity index (χ0n) is 8.30. The number of carbonyl (C=O) groups excluding carboxylic acids is 1. The first kappa shape index (κ1) is 10.5. The quantitative estimate of drug-likeness (QED) is 0.604. The number of piperidine rings is 1. The van der Waals surface area contributed by atoms with Gasteiger partial charge in [0, 0.05) is 12.6 Å². The van der Waals surface area contributed by atoms with Crippen LogP contribution in [0.4, 0.5) is 0 Å². The van der Waals surface area contributed by atoms with Crippen molar-refractivity contribution in [2.45, 2.75) is 31.3 Å². The van der Waals surface area contributed by atoms with Crippen LogP contribution in [0, 0.1) is 0 Å². The minimum atomic E-state index is -0.138. The lowest BCUT2D eigenvalue weighted by Gasteiger charge is -2.29. The molecule has 0 spiro atoms. The summed E-state index contributed by atoms with van der Waals surface area (Å²) >= 11 is 0. The summed E-state index contributed by atoms with van der Waals surface area (Å²) in [6, 6.07) is 0.306. The van der Waals surface area contributed by atoms with E-state index in [2.05, 4.69) is 10.6 Å². The number of esters is 1. The van der Waals surface area contributed by atoms with Gasteiger partial charge in [0.1, 0.15) is 6.04 Å². The molecule has 0 radical (unpaired) electrons. The molecule has 0 aliphatic carbocycles. The largest absolute Gasteiger partial charge is 0.468 e. The van der Waals surface area contributed by atoms with Crippen LogP contribution in [0.3, 0.4) is 0 Å². The molecule has 0 aromatic rings. The molecule has 0 saturated carbocycles. The van der Waals surface area contributed by atoms with Crippen LogP contribution in [0.2, 0.25) is 0 Å². The van der Waals surface area contributed by atoms with E-state index in [-0.39, 0.29) is 12.0 Å². The Hall–Kier alpha value is -0.610. The highest BCUT2D eigenvalue weighted by molar-refractivity contribution is 5.75. The average molecular weight is 186 g/mol. The lowest BCUT2D eigenvalue weighted by molar-refractivity contribution is -0.144. The van der Waals surface area contributed by atoms with Crippen LogP contribution in [0.5, 0.6) is 0 Å². The Labute approximate surface area is 79.0 Å². The van der Waals surface area contributed by atoms with Crippen LogP contribution in [-0.2, 0) is 9.53 Å². The van der Waals surface area contributed by atoms with Crippen molar-refractivity contribution in [1.29, 1.82) is 0 Å². The van der Waals surface area contributed by atoms with Crippen LogP contribution < -0.4 is 10.6 Å². The van der Waals surface area contributed by atoms with Crippen LogP contribution in [-0.4, -0.2) is 38.8 Å². The normalized spacial score (nSPS) is 28.5. The average Bonchev–Trinajstić information content (AvgIpc) is 2.18. The standard InChI is InChI=1S/C9H18N2O2/c1-10-6-7-4-3-5-8(11-7)9(12)13-2/h7-8,10-11H,3-6H2,1-2H3. The smallest absolute Gasteiger partial charge is 0.322 e. The van der Waals surface area contributed by atoms with E-state index in [1.807, 2.05) is 7.05 Å². The molecule has 0 aromatic heterocycles. The molecule has 0 aromatic carbocycles. The topological polar surface area (TPSA) is 50.4 Å². The molecule has 1 rings (SSSR count). The van der Waals surface area contributed by atoms with Gasteiger partial charge in [0.05, 0.1) is 7.11 Å². The lowest BCUT2D eigenvalue weighted by atomic mass is 9.98. The third-order valence-corrected chi connectivity index (χ3v) is 2.42. The molecule has 1 aliphatic rings. The first-order valence-electron chi connectivity index (χ1n) is 4.76. The first-order chi connectivity index (χ1) is 6.27. The van der Waals surface area contributed by atoms with Gasteiger partial charge in [-0.3, -0.25) is 4.79 Å². The number of likely N-dealkylation sites (N-methyl/N-ethyl adjacent to an activating group) is 1. The second-order valence-electron chi connectivity index (χ2n) is 3.43. The molecule has 76 valence electrons. The maximum atomic E-state index is 11.2. The fourth-order valence-corrected chi connectivity index (χ4v) is 1.76. The van der Waals surface area contributed by atoms with E-state index < -0.39 is 0 Å². The monoisotopic (exact) mass is 186 g/mol. The van der Waals surface area contributed by atoms with E-state index in [1.165, 1.54) is 7.11 Å². The summed E-state index contributed by atoms with van der Waals surface area (Å²) in [6.07, 6.45) is 3.13. The van der Waals surface area contributed by atoms with Crippen LogP contribution in [0.1, 0.15) is 19.3 Å². The summed E-state index contributed by atoms with van der Waals surface area (Å²) < 4.78 is 4.69. The molecule has 1 fully saturated rings. The lowest BCUT2D eigenvalue weighted by Crippen LogP contribution is -2.50. The number of carbonyl (C=O) groups is 1. The zero-order valence-corrected chi connectivity index (χ0v) is 8.30. The molecule has 2 N–H and O–H groups in total. The molecular weight excluding hydrogens is 168 g/mol. The molecule has 1 aliphatic heterocycles. The minimum Gasteiger partial charge on any atom is -0.468 e. The fourth-order valence-electron chi connectivity index (χ4n) is 1.76. The van der Waals surface area contributed by atoms with E-state index in [0.717, 1.165) is 25.8 Å². The Bertz CT molecular complexity index is 171. The van der Waals surface area contributed by atoms with E-state index in [0.29, 0.717) is 6.04 Å². The van der Waals surface area contributed by atoms with E-state index in [4.69, 9.17) is 4.74 Å². The number of methoxy groups -OCH3 is 1. The Balaban J connectivity index is 2.37. The summed E-state index contributed by atoms with van der Waals surface area (Å²) in [5.74, 6) is -0.138. The van der Waals surface area contributed by atoms with Crippen molar-refractivity contribution in [3.8, 4) is 0 Å². The number of rotatable bonds is 3. The maximum Gasteiger partial charge on any atom is 0.322 e. The zero-order chi connectivity index (χ0) is 9.68. The Morgan fingerprint density at radius 3 is 3.00 bits per heavy atom. The van der Waals surface area contributed by atoms with Crippen molar-refractivity contribution in [2.75, 3.05) is 20.7 Å². The van der Waals surface area contributed by atoms with Crippen molar-refractivity contribution in [2.24, 2.45) is 0 Å². The Morgan fingerprint density at radius 2 is 2.38 bits per heavy atom. The molecule has 1 saturated heterocycles. The van der Waals surface area contributed by atoms with Crippen molar-refractivity contribution in [3.63, 3.8) is 0 Å². The summed E-state index contributed by atoms with van der Waals surface area (Å²) in [4.78, 5) is 11.2. The van der Waals surface area contributed by atoms with E-state index in [1.54, 1.807) is 0 Å². The molecule has 13 heavy (non-hydrogen) atoms. The second-order valence-corrected chi connectivity index (χ2v) is 3.43. The van der Waals surface area contributed by atoms with Gasteiger partial charge >= 0.3 is 5.97 Å². The SMILES string of the molecule is CNCC1CCCC(C(=O)OC)N1. The van der Waals surface area contributed by atoms with Crippen molar-refractivity contribution in [1.82, 2.24) is 10.6 Å². The highest BCUT2D eigenvalue weighted by atomic mass is 16.5. The number of nitrogens with one attached hydrogen (secondary N) is 2. The highest BCUT2D eigenvalue weighted by Gasteiger charge is 2.26. The van der Waals surface area contributed by atoms with Gasteiger partial charge in [0.25, 0.3) is 0 Å². The Morgan fingerprint density at radius 1 is 1.62 bits per heavy atom. The van der Waals surface area contributed by atoms with Gasteiger partial charge in [-0.25, -0.2) is 0 Å². The number of ether oxygens (including phenoxy) is 1. The molecule has 0 bridgehead atoms. The number of hydrogen-bond acceptors (Lipinski definition) is 4. The van der Waals surface area contributed by atoms with Gasteiger partial charge in [-0.2, -0.15) is 0 Å². The van der Waals surface area contributed by atoms with Gasteiger partial charge in [-0.05, 0) is 26.3 Å². The van der Waals surface area contributed by atoms with Gasteiger partial charge in [0.15, 0.2) is 0 Å². The van der Waals surface area contributed by atoms with E-state index >= 15 is 0 Å². The van der Waals surface area contributed by atoms with Crippen molar-refractivity contribution >= 4 is 5.97 Å². The third kappa shape index (κ3) is 2.97. The van der Waals surface area contributed by atoms with Gasteiger partial charge in [-0.15, -0.1) is 0 Å². The summed E-state index contributed by atoms with van der Waals surface area (Å²) in [5.41, 5.74) is 0. The van der Waals surface area contributed by atoms with Crippen molar-refractivity contribution < 1.29 is 9.53 Å². The second kappa shape index (κ2) is 5.19. The minimum absolute atomic E-state index is 0.0999. The molecule has 4 nitrogen and oxygen atoms in total. The maximum absolute atomic E-state index is 11.2. The molecular formula is C9H18N2O2. The van der Waals surface area contributed by atoms with Gasteiger partial charge in [0.2, 0.25) is 0 Å². The predicted octanol–water partition coefficient (Wildman–Crippen LogP) is -0.110. The van der Waals surface area contributed by atoms with Gasteiger partial charge in [-0.1, -0.05) is 0 Å². The highest BCUT2D eigenvalue weighted by Crippen LogP contribution is 2.12. The van der Waals surface area contributed by atoms with Crippen LogP contribution in [0.15, 0.2) is 0 Å². The van der Waals surface area contributed by atoms with E-state index in [9.17, 15) is 4.79 Å². The van der Waals surface area contributed by atoms with Crippen LogP contribution >= 0.6 is 0 Å². The molecule has 2 unspecified atom stereocenters. The number of hydrogen-bond donors (Lipinski definition) is 2. The third-order valence-electron chi connectivity index (χ3n) is 2.42. The van der Waals surface area contributed by atoms with Crippen LogP contribution in [0.25, 0.3) is 0 Å². The Kier molecular flexibility index (Phi) is 4.18. The van der Waals surface area contributed by atoms with Gasteiger partial charge < -0.3 is 15.4 Å². The molecule has 0 amide bonds. The molecule has 4 heteroatoms. The summed E-state index contributed by atoms with van der Waals surface area (Å²) in [5, 5.41) is 6.37.